The summed E-state index contributed by atoms with van der Waals surface area (Å²) < 4.78 is 0. The second-order valence-electron chi connectivity index (χ2n) is 4.30. The Labute approximate surface area is 106 Å². The molecule has 1 nitrogen and oxygen atoms in total. The summed E-state index contributed by atoms with van der Waals surface area (Å²) >= 11 is 0. The van der Waals surface area contributed by atoms with Crippen LogP contribution in [-0.2, 0) is 0 Å². The van der Waals surface area contributed by atoms with Crippen LogP contribution in [-0.4, -0.2) is 4.98 Å². The average molecular weight is 231 g/mol. The first kappa shape index (κ1) is 15.6. The number of allylic oxidation sites excluding steroid dienone is 4. The molecule has 0 aliphatic carbocycles. The van der Waals surface area contributed by atoms with E-state index >= 15 is 0 Å². The number of hydrogen-bond acceptors (Lipinski definition) is 1. The van der Waals surface area contributed by atoms with Gasteiger partial charge in [-0.25, -0.2) is 0 Å². The Morgan fingerprint density at radius 1 is 1.00 bits per heavy atom. The molecule has 0 aliphatic rings. The Hall–Kier alpha value is -1.37. The molecule has 0 fully saturated rings. The molecule has 17 heavy (non-hydrogen) atoms. The lowest BCUT2D eigenvalue weighted by molar-refractivity contribution is 0.952. The predicted octanol–water partition coefficient (Wildman–Crippen LogP) is 5.17. The summed E-state index contributed by atoms with van der Waals surface area (Å²) in [5, 5.41) is 0. The Kier molecular flexibility index (Phi) is 10.2. The molecule has 1 aromatic heterocycles. The van der Waals surface area contributed by atoms with Crippen molar-refractivity contribution in [1.82, 2.24) is 4.98 Å². The maximum Gasteiger partial charge on any atom is 0.0267 e. The van der Waals surface area contributed by atoms with Crippen molar-refractivity contribution < 1.29 is 0 Å². The van der Waals surface area contributed by atoms with Gasteiger partial charge in [-0.2, -0.15) is 0 Å². The lowest BCUT2D eigenvalue weighted by Crippen LogP contribution is -1.76. The summed E-state index contributed by atoms with van der Waals surface area (Å²) in [6.45, 7) is 8.70. The van der Waals surface area contributed by atoms with Crippen molar-refractivity contribution in [2.75, 3.05) is 0 Å². The number of nitrogens with zero attached hydrogens (tertiary/aromatic N) is 1. The lowest BCUT2D eigenvalue weighted by atomic mass is 10.1. The molecule has 0 N–H and O–H groups in total. The molecule has 0 atom stereocenters. The van der Waals surface area contributed by atoms with Crippen LogP contribution in [0.25, 0.3) is 0 Å². The van der Waals surface area contributed by atoms with Crippen LogP contribution in [0.2, 0.25) is 0 Å². The molecular weight excluding hydrogens is 206 g/mol. The van der Waals surface area contributed by atoms with Gasteiger partial charge in [0.1, 0.15) is 0 Å². The first-order valence-corrected chi connectivity index (χ1v) is 6.30. The smallest absolute Gasteiger partial charge is 0.0267 e. The van der Waals surface area contributed by atoms with E-state index in [1.807, 2.05) is 18.2 Å². The van der Waals surface area contributed by atoms with Gasteiger partial charge < -0.3 is 0 Å². The molecular formula is C16H25N. The Morgan fingerprint density at radius 3 is 2.00 bits per heavy atom. The fourth-order valence-electron chi connectivity index (χ4n) is 1.35. The largest absolute Gasteiger partial charge is 0.265 e. The van der Waals surface area contributed by atoms with Gasteiger partial charge >= 0.3 is 0 Å². The van der Waals surface area contributed by atoms with E-state index in [1.54, 1.807) is 12.4 Å². The van der Waals surface area contributed by atoms with Gasteiger partial charge in [0.05, 0.1) is 0 Å². The van der Waals surface area contributed by atoms with Crippen LogP contribution in [0.1, 0.15) is 47.0 Å². The zero-order chi connectivity index (χ0) is 12.9. The molecule has 94 valence electrons. The number of aromatic nitrogens is 1. The highest BCUT2D eigenvalue weighted by Crippen LogP contribution is 2.06. The molecule has 0 unspecified atom stereocenters. The summed E-state index contributed by atoms with van der Waals surface area (Å²) in [5.41, 5.74) is 2.94. The van der Waals surface area contributed by atoms with Crippen LogP contribution in [0.4, 0.5) is 0 Å². The van der Waals surface area contributed by atoms with Crippen LogP contribution < -0.4 is 0 Å². The van der Waals surface area contributed by atoms with Gasteiger partial charge in [-0.05, 0) is 52.2 Å². The highest BCUT2D eigenvalue weighted by Gasteiger charge is 1.86. The van der Waals surface area contributed by atoms with E-state index in [9.17, 15) is 0 Å². The second-order valence-corrected chi connectivity index (χ2v) is 4.30. The Balaban J connectivity index is 0.000000354. The fourth-order valence-corrected chi connectivity index (χ4v) is 1.35. The summed E-state index contributed by atoms with van der Waals surface area (Å²) in [6, 6.07) is 5.72. The van der Waals surface area contributed by atoms with E-state index < -0.39 is 0 Å². The predicted molar refractivity (Wildman–Crippen MR) is 77.0 cm³/mol. The number of hydrogen-bond donors (Lipinski definition) is 0. The molecule has 1 rings (SSSR count). The fraction of sp³-hybridized carbons (Fsp3) is 0.438. The minimum atomic E-state index is 1.17. The van der Waals surface area contributed by atoms with Gasteiger partial charge in [0.15, 0.2) is 0 Å². The maximum absolute atomic E-state index is 3.78. The molecule has 1 aromatic rings. The maximum atomic E-state index is 3.78. The van der Waals surface area contributed by atoms with E-state index in [4.69, 9.17) is 0 Å². The van der Waals surface area contributed by atoms with E-state index in [0.29, 0.717) is 0 Å². The summed E-state index contributed by atoms with van der Waals surface area (Å²) in [7, 11) is 0. The second kappa shape index (κ2) is 11.1. The minimum Gasteiger partial charge on any atom is -0.265 e. The van der Waals surface area contributed by atoms with Gasteiger partial charge in [0.25, 0.3) is 0 Å². The van der Waals surface area contributed by atoms with Crippen molar-refractivity contribution in [2.45, 2.75) is 47.0 Å². The molecule has 1 heteroatoms. The number of rotatable bonds is 4. The average Bonchev–Trinajstić information content (AvgIpc) is 2.32. The molecule has 0 aliphatic heterocycles. The Bertz CT molecular complexity index is 292. The van der Waals surface area contributed by atoms with Crippen LogP contribution in [0.5, 0.6) is 0 Å². The molecule has 0 spiro atoms. The van der Waals surface area contributed by atoms with E-state index in [1.165, 1.54) is 30.4 Å². The summed E-state index contributed by atoms with van der Waals surface area (Å²) in [5.74, 6) is 0. The normalized spacial score (nSPS) is 10.2. The molecule has 0 saturated heterocycles. The standard InChI is InChI=1S/C11H20.C5H5N/c1-5-7-11(4)9-6-8-10(2)3;1-2-4-6-5-3-1/h7-8H,5-6,9H2,1-4H3;1-5H. The van der Waals surface area contributed by atoms with Gasteiger partial charge in [-0.15, -0.1) is 0 Å². The van der Waals surface area contributed by atoms with Crippen LogP contribution in [0.15, 0.2) is 53.9 Å². The highest BCUT2D eigenvalue weighted by molar-refractivity contribution is 5.01. The first-order valence-electron chi connectivity index (χ1n) is 6.30. The highest BCUT2D eigenvalue weighted by atomic mass is 14.6. The van der Waals surface area contributed by atoms with Crippen molar-refractivity contribution >= 4 is 0 Å². The van der Waals surface area contributed by atoms with E-state index in [-0.39, 0.29) is 0 Å². The monoisotopic (exact) mass is 231 g/mol. The van der Waals surface area contributed by atoms with Gasteiger partial charge in [0.2, 0.25) is 0 Å². The molecule has 0 amide bonds. The van der Waals surface area contributed by atoms with Crippen molar-refractivity contribution in [3.05, 3.63) is 53.9 Å². The Morgan fingerprint density at radius 2 is 1.65 bits per heavy atom. The van der Waals surface area contributed by atoms with Gasteiger partial charge in [-0.3, -0.25) is 4.98 Å². The van der Waals surface area contributed by atoms with Crippen LogP contribution >= 0.6 is 0 Å². The van der Waals surface area contributed by atoms with Crippen LogP contribution in [0, 0.1) is 0 Å². The quantitative estimate of drug-likeness (QED) is 0.651. The van der Waals surface area contributed by atoms with Gasteiger partial charge in [0, 0.05) is 12.4 Å². The van der Waals surface area contributed by atoms with E-state index in [2.05, 4.69) is 44.8 Å². The third kappa shape index (κ3) is 12.6. The lowest BCUT2D eigenvalue weighted by Gasteiger charge is -1.96. The SMILES string of the molecule is CCC=C(C)CCC=C(C)C.c1ccncc1. The van der Waals surface area contributed by atoms with Crippen molar-refractivity contribution in [3.8, 4) is 0 Å². The zero-order valence-corrected chi connectivity index (χ0v) is 11.6. The van der Waals surface area contributed by atoms with Crippen molar-refractivity contribution in [3.63, 3.8) is 0 Å². The third-order valence-electron chi connectivity index (χ3n) is 2.21. The minimum absolute atomic E-state index is 1.17. The molecule has 1 heterocycles. The molecule has 0 aromatic carbocycles. The van der Waals surface area contributed by atoms with Crippen molar-refractivity contribution in [2.24, 2.45) is 0 Å². The topological polar surface area (TPSA) is 12.9 Å². The van der Waals surface area contributed by atoms with Crippen LogP contribution in [0.3, 0.4) is 0 Å². The summed E-state index contributed by atoms with van der Waals surface area (Å²) in [4.78, 5) is 3.78. The zero-order valence-electron chi connectivity index (χ0n) is 11.6. The van der Waals surface area contributed by atoms with E-state index in [0.717, 1.165) is 0 Å². The molecule has 0 bridgehead atoms. The molecule has 0 saturated carbocycles. The first-order chi connectivity index (χ1) is 8.16. The van der Waals surface area contributed by atoms with Crippen molar-refractivity contribution in [1.29, 1.82) is 0 Å². The molecule has 0 radical (unpaired) electrons. The summed E-state index contributed by atoms with van der Waals surface area (Å²) in [6.07, 6.45) is 11.7. The van der Waals surface area contributed by atoms with Gasteiger partial charge in [-0.1, -0.05) is 36.3 Å². The third-order valence-corrected chi connectivity index (χ3v) is 2.21. The number of pyridine rings is 1.